The zero-order valence-corrected chi connectivity index (χ0v) is 17.2. The van der Waals surface area contributed by atoms with Gasteiger partial charge in [0.2, 0.25) is 5.95 Å². The van der Waals surface area contributed by atoms with E-state index in [4.69, 9.17) is 0 Å². The summed E-state index contributed by atoms with van der Waals surface area (Å²) in [4.78, 5) is 15.4. The average Bonchev–Trinajstić information content (AvgIpc) is 2.56. The summed E-state index contributed by atoms with van der Waals surface area (Å²) in [5.41, 5.74) is -7.12. The van der Waals surface area contributed by atoms with Crippen molar-refractivity contribution in [3.8, 4) is 0 Å². The summed E-state index contributed by atoms with van der Waals surface area (Å²) in [6, 6.07) is 0.317. The highest BCUT2D eigenvalue weighted by molar-refractivity contribution is 9.10. The minimum Gasteiger partial charge on any atom is -0.324 e. The Morgan fingerprint density at radius 3 is 2.00 bits per heavy atom. The first-order valence-electron chi connectivity index (χ1n) is 8.35. The van der Waals surface area contributed by atoms with Gasteiger partial charge in [0.25, 0.3) is 5.56 Å². The summed E-state index contributed by atoms with van der Waals surface area (Å²) in [6.45, 7) is 2.99. The Balaban J connectivity index is 2.77. The number of hydrogen-bond acceptors (Lipinski definition) is 3. The van der Waals surface area contributed by atoms with E-state index in [1.54, 1.807) is 13.8 Å². The SMILES string of the molecule is CC(C)Cn1c(Nc2cc(C(F)(F)F)cc(C(F)(F)F)c2Br)nc(C(F)(F)F)cc1=O. The Morgan fingerprint density at radius 1 is 0.968 bits per heavy atom. The van der Waals surface area contributed by atoms with Crippen molar-refractivity contribution in [1.29, 1.82) is 0 Å². The first-order valence-corrected chi connectivity index (χ1v) is 9.14. The molecule has 0 bridgehead atoms. The highest BCUT2D eigenvalue weighted by Gasteiger charge is 2.40. The van der Waals surface area contributed by atoms with E-state index in [1.807, 2.05) is 5.32 Å². The maximum Gasteiger partial charge on any atom is 0.433 e. The molecule has 0 aliphatic rings. The number of benzene rings is 1. The van der Waals surface area contributed by atoms with E-state index in [9.17, 15) is 44.3 Å². The molecule has 0 radical (unpaired) electrons. The summed E-state index contributed by atoms with van der Waals surface area (Å²) in [5, 5.41) is 2.03. The highest BCUT2D eigenvalue weighted by Crippen LogP contribution is 2.43. The van der Waals surface area contributed by atoms with Crippen LogP contribution in [0.15, 0.2) is 27.5 Å². The van der Waals surface area contributed by atoms with E-state index in [0.29, 0.717) is 4.57 Å². The number of nitrogens with one attached hydrogen (secondary N) is 1. The second-order valence-corrected chi connectivity index (χ2v) is 7.60. The summed E-state index contributed by atoms with van der Waals surface area (Å²) in [6.07, 6.45) is -15.5. The van der Waals surface area contributed by atoms with E-state index >= 15 is 0 Å². The molecule has 0 spiro atoms. The van der Waals surface area contributed by atoms with E-state index in [-0.39, 0.29) is 30.7 Å². The van der Waals surface area contributed by atoms with Gasteiger partial charge in [0.05, 0.1) is 21.3 Å². The smallest absolute Gasteiger partial charge is 0.324 e. The average molecular weight is 526 g/mol. The quantitative estimate of drug-likeness (QED) is 0.466. The van der Waals surface area contributed by atoms with Crippen LogP contribution in [0, 0.1) is 5.92 Å². The van der Waals surface area contributed by atoms with Crippen molar-refractivity contribution < 1.29 is 39.5 Å². The third-order valence-electron chi connectivity index (χ3n) is 3.80. The van der Waals surface area contributed by atoms with E-state index in [0.717, 1.165) is 0 Å². The fourth-order valence-corrected chi connectivity index (χ4v) is 3.05. The molecule has 1 aromatic heterocycles. The van der Waals surface area contributed by atoms with Crippen LogP contribution in [0.1, 0.15) is 30.7 Å². The number of hydrogen-bond donors (Lipinski definition) is 1. The molecule has 31 heavy (non-hydrogen) atoms. The van der Waals surface area contributed by atoms with E-state index < -0.39 is 57.0 Å². The number of halogens is 10. The summed E-state index contributed by atoms with van der Waals surface area (Å²) in [5.74, 6) is -1.17. The predicted octanol–water partition coefficient (Wildman–Crippen LogP) is 6.46. The lowest BCUT2D eigenvalue weighted by molar-refractivity contribution is -0.143. The van der Waals surface area contributed by atoms with Crippen molar-refractivity contribution in [2.24, 2.45) is 5.92 Å². The zero-order chi connectivity index (χ0) is 23.9. The normalized spacial score (nSPS) is 13.1. The Kier molecular flexibility index (Phi) is 6.74. The van der Waals surface area contributed by atoms with Crippen molar-refractivity contribution in [1.82, 2.24) is 9.55 Å². The van der Waals surface area contributed by atoms with Crippen LogP contribution in [-0.2, 0) is 25.1 Å². The van der Waals surface area contributed by atoms with Gasteiger partial charge in [0, 0.05) is 12.6 Å². The number of rotatable bonds is 4. The number of aromatic nitrogens is 2. The molecule has 2 aromatic rings. The minimum atomic E-state index is -5.21. The lowest BCUT2D eigenvalue weighted by Crippen LogP contribution is -2.28. The number of alkyl halides is 9. The Hall–Kier alpha value is -2.25. The second kappa shape index (κ2) is 8.36. The molecule has 4 nitrogen and oxygen atoms in total. The molecule has 0 saturated carbocycles. The number of anilines is 2. The maximum absolute atomic E-state index is 13.2. The molecule has 0 amide bonds. The number of nitrogens with zero attached hydrogens (tertiary/aromatic N) is 2. The molecule has 0 fully saturated rings. The minimum absolute atomic E-state index is 0.143. The molecule has 0 saturated heterocycles. The van der Waals surface area contributed by atoms with E-state index in [2.05, 4.69) is 20.9 Å². The van der Waals surface area contributed by atoms with Crippen LogP contribution in [-0.4, -0.2) is 9.55 Å². The molecular weight excluding hydrogens is 513 g/mol. The van der Waals surface area contributed by atoms with Gasteiger partial charge in [0.1, 0.15) is 0 Å². The fraction of sp³-hybridized carbons (Fsp3) is 0.412. The Morgan fingerprint density at radius 2 is 1.55 bits per heavy atom. The second-order valence-electron chi connectivity index (χ2n) is 6.81. The molecule has 1 N–H and O–H groups in total. The maximum atomic E-state index is 13.2. The summed E-state index contributed by atoms with van der Waals surface area (Å²) in [7, 11) is 0. The molecular formula is C17H13BrF9N3O. The highest BCUT2D eigenvalue weighted by atomic mass is 79.9. The van der Waals surface area contributed by atoms with Gasteiger partial charge < -0.3 is 5.32 Å². The van der Waals surface area contributed by atoms with Crippen LogP contribution in [0.4, 0.5) is 51.1 Å². The third kappa shape index (κ3) is 5.92. The van der Waals surface area contributed by atoms with Crippen LogP contribution >= 0.6 is 15.9 Å². The zero-order valence-electron chi connectivity index (χ0n) is 15.6. The molecule has 0 atom stereocenters. The predicted molar refractivity (Wildman–Crippen MR) is 95.8 cm³/mol. The van der Waals surface area contributed by atoms with Gasteiger partial charge >= 0.3 is 18.5 Å². The van der Waals surface area contributed by atoms with Crippen LogP contribution < -0.4 is 10.9 Å². The van der Waals surface area contributed by atoms with Gasteiger partial charge in [-0.05, 0) is 34.0 Å². The molecule has 2 rings (SSSR count). The van der Waals surface area contributed by atoms with Crippen LogP contribution in [0.5, 0.6) is 0 Å². The molecule has 0 aliphatic carbocycles. The van der Waals surface area contributed by atoms with Crippen LogP contribution in [0.2, 0.25) is 0 Å². The van der Waals surface area contributed by atoms with Gasteiger partial charge in [-0.1, -0.05) is 13.8 Å². The first kappa shape index (κ1) is 25.0. The molecule has 14 heteroatoms. The van der Waals surface area contributed by atoms with Gasteiger partial charge in [-0.25, -0.2) is 4.98 Å². The van der Waals surface area contributed by atoms with Gasteiger partial charge in [-0.2, -0.15) is 39.5 Å². The standard InChI is InChI=1S/C17H13BrF9N3O/c1-7(2)6-30-12(31)5-11(17(25,26)27)29-14(30)28-10-4-8(15(19,20)21)3-9(13(10)18)16(22,23)24/h3-5,7H,6H2,1-2H3,(H,28,29). The van der Waals surface area contributed by atoms with Crippen molar-refractivity contribution in [2.75, 3.05) is 5.32 Å². The van der Waals surface area contributed by atoms with Crippen LogP contribution in [0.25, 0.3) is 0 Å². The van der Waals surface area contributed by atoms with Crippen molar-refractivity contribution in [2.45, 2.75) is 38.9 Å². The van der Waals surface area contributed by atoms with Gasteiger partial charge in [0.15, 0.2) is 5.69 Å². The third-order valence-corrected chi connectivity index (χ3v) is 4.65. The summed E-state index contributed by atoms with van der Waals surface area (Å²) < 4.78 is 118. The van der Waals surface area contributed by atoms with Crippen molar-refractivity contribution in [3.05, 3.63) is 49.8 Å². The molecule has 1 aromatic carbocycles. The van der Waals surface area contributed by atoms with Crippen molar-refractivity contribution in [3.63, 3.8) is 0 Å². The topological polar surface area (TPSA) is 46.9 Å². The molecule has 172 valence electrons. The van der Waals surface area contributed by atoms with Gasteiger partial charge in [-0.3, -0.25) is 9.36 Å². The van der Waals surface area contributed by atoms with Crippen LogP contribution in [0.3, 0.4) is 0 Å². The lowest BCUT2D eigenvalue weighted by Gasteiger charge is -2.20. The van der Waals surface area contributed by atoms with Gasteiger partial charge in [-0.15, -0.1) is 0 Å². The van der Waals surface area contributed by atoms with E-state index in [1.165, 1.54) is 0 Å². The largest absolute Gasteiger partial charge is 0.433 e. The Bertz CT molecular complexity index is 1020. The molecule has 1 heterocycles. The molecule has 0 aliphatic heterocycles. The fourth-order valence-electron chi connectivity index (χ4n) is 2.49. The Labute approximate surface area is 177 Å². The lowest BCUT2D eigenvalue weighted by atomic mass is 10.1. The first-order chi connectivity index (χ1) is 13.9. The monoisotopic (exact) mass is 525 g/mol. The summed E-state index contributed by atoms with van der Waals surface area (Å²) >= 11 is 2.54. The molecule has 0 unspecified atom stereocenters. The van der Waals surface area contributed by atoms with Crippen molar-refractivity contribution >= 4 is 27.6 Å².